The van der Waals surface area contributed by atoms with Crippen molar-refractivity contribution in [3.63, 3.8) is 0 Å². The molecule has 0 amide bonds. The highest BCUT2D eigenvalue weighted by atomic mass is 35.5. The molecule has 108 valence electrons. The summed E-state index contributed by atoms with van der Waals surface area (Å²) in [6.07, 6.45) is -0.0323. The maximum Gasteiger partial charge on any atom is 0.416 e. The summed E-state index contributed by atoms with van der Waals surface area (Å²) < 4.78 is 37.5. The molecule has 0 aliphatic carbocycles. The van der Waals surface area contributed by atoms with Crippen molar-refractivity contribution in [2.75, 3.05) is 5.32 Å². The predicted octanol–water partition coefficient (Wildman–Crippen LogP) is 3.33. The van der Waals surface area contributed by atoms with Gasteiger partial charge in [0.05, 0.1) is 11.8 Å². The molecule has 0 radical (unpaired) electrons. The van der Waals surface area contributed by atoms with Crippen molar-refractivity contribution in [1.29, 1.82) is 0 Å². The van der Waals surface area contributed by atoms with Crippen LogP contribution in [0.3, 0.4) is 0 Å². The first-order valence-corrected chi connectivity index (χ1v) is 6.14. The minimum Gasteiger partial charge on any atom is -0.320 e. The second-order valence-corrected chi connectivity index (χ2v) is 4.79. The van der Waals surface area contributed by atoms with Gasteiger partial charge in [0, 0.05) is 5.69 Å². The first-order chi connectivity index (χ1) is 9.87. The Labute approximate surface area is 122 Å². The molecule has 1 aromatic rings. The first-order valence-electron chi connectivity index (χ1n) is 5.80. The first kappa shape index (κ1) is 13.8. The summed E-state index contributed by atoms with van der Waals surface area (Å²) in [4.78, 5) is 7.95. The van der Waals surface area contributed by atoms with Crippen molar-refractivity contribution >= 4 is 35.5 Å². The Hall–Kier alpha value is -2.19. The van der Waals surface area contributed by atoms with Gasteiger partial charge in [-0.2, -0.15) is 13.2 Å². The molecule has 0 fully saturated rings. The van der Waals surface area contributed by atoms with Crippen molar-refractivity contribution < 1.29 is 17.3 Å². The smallest absolute Gasteiger partial charge is 0.320 e. The molecule has 3 rings (SSSR count). The zero-order valence-corrected chi connectivity index (χ0v) is 11.1. The highest BCUT2D eigenvalue weighted by Gasteiger charge is 2.39. The molecule has 2 aliphatic heterocycles. The molecule has 2 heterocycles. The molecular weight excluding hydrogens is 307 g/mol. The molecular formula is C12H8ClF3N5+. The molecule has 5 nitrogen and oxygen atoms in total. The van der Waals surface area contributed by atoms with E-state index in [9.17, 15) is 13.2 Å². The van der Waals surface area contributed by atoms with E-state index in [4.69, 9.17) is 11.8 Å². The molecule has 1 unspecified atom stereocenters. The number of benzene rings is 1. The van der Waals surface area contributed by atoms with Crippen molar-refractivity contribution in [1.82, 2.24) is 0 Å². The largest absolute Gasteiger partial charge is 0.416 e. The average Bonchev–Trinajstić information content (AvgIpc) is 2.73. The van der Waals surface area contributed by atoms with Gasteiger partial charge in [-0.05, 0) is 27.4 Å². The Morgan fingerprint density at radius 1 is 1.24 bits per heavy atom. The summed E-state index contributed by atoms with van der Waals surface area (Å²) in [6.45, 7) is 0. The maximum absolute atomic E-state index is 12.6. The van der Waals surface area contributed by atoms with Gasteiger partial charge in [-0.15, -0.1) is 4.99 Å². The lowest BCUT2D eigenvalue weighted by Crippen LogP contribution is -2.33. The minimum atomic E-state index is -4.41. The van der Waals surface area contributed by atoms with Crippen LogP contribution in [0.2, 0.25) is 0 Å². The van der Waals surface area contributed by atoms with E-state index >= 15 is 0 Å². The van der Waals surface area contributed by atoms with Crippen LogP contribution in [-0.4, -0.2) is 22.1 Å². The third-order valence-corrected chi connectivity index (χ3v) is 3.13. The van der Waals surface area contributed by atoms with E-state index in [2.05, 4.69) is 20.4 Å². The number of hydrogen-bond donors (Lipinski definition) is 1. The Morgan fingerprint density at radius 2 is 2.05 bits per heavy atom. The van der Waals surface area contributed by atoms with Crippen LogP contribution in [0.1, 0.15) is 5.56 Å². The van der Waals surface area contributed by atoms with E-state index in [1.165, 1.54) is 30.7 Å². The molecule has 0 aromatic heterocycles. The van der Waals surface area contributed by atoms with Gasteiger partial charge in [-0.3, -0.25) is 4.99 Å². The molecule has 0 bridgehead atoms. The van der Waals surface area contributed by atoms with Gasteiger partial charge >= 0.3 is 6.18 Å². The number of guanidine groups is 1. The number of fused-ring (bicyclic) bond motifs is 1. The third-order valence-electron chi connectivity index (χ3n) is 2.77. The molecule has 9 heteroatoms. The van der Waals surface area contributed by atoms with Crippen LogP contribution < -0.4 is 5.32 Å². The summed E-state index contributed by atoms with van der Waals surface area (Å²) in [5.41, 5.74) is -0.537. The highest BCUT2D eigenvalue weighted by molar-refractivity contribution is 6.36. The number of aliphatic imine (C=N–C) groups is 2. The molecule has 1 aromatic carbocycles. The molecule has 0 saturated carbocycles. The van der Waals surface area contributed by atoms with E-state index < -0.39 is 15.9 Å². The third kappa shape index (κ3) is 2.67. The van der Waals surface area contributed by atoms with Crippen LogP contribution >= 0.6 is 11.8 Å². The maximum atomic E-state index is 12.6. The van der Waals surface area contributed by atoms with Crippen molar-refractivity contribution in [2.45, 2.75) is 6.18 Å². The average molecular weight is 315 g/mol. The fourth-order valence-electron chi connectivity index (χ4n) is 1.80. The summed E-state index contributed by atoms with van der Waals surface area (Å²) >= 11 is 6.16. The topological polar surface area (TPSA) is 49.1 Å². The molecule has 21 heavy (non-hydrogen) atoms. The lowest BCUT2D eigenvalue weighted by atomic mass is 10.2. The number of nitrogens with one attached hydrogen (secondary N) is 1. The van der Waals surface area contributed by atoms with E-state index in [-0.39, 0.29) is 11.6 Å². The van der Waals surface area contributed by atoms with Gasteiger partial charge < -0.3 is 5.32 Å². The fraction of sp³-hybridized carbons (Fsp3) is 0.0833. The van der Waals surface area contributed by atoms with Gasteiger partial charge in [-0.25, -0.2) is 0 Å². The van der Waals surface area contributed by atoms with Crippen LogP contribution in [0.5, 0.6) is 0 Å². The number of halogens is 4. The molecule has 1 atom stereocenters. The molecule has 0 saturated heterocycles. The Kier molecular flexibility index (Phi) is 3.07. The lowest BCUT2D eigenvalue weighted by Gasteiger charge is -2.12. The van der Waals surface area contributed by atoms with Gasteiger partial charge in [0.15, 0.2) is 6.20 Å². The zero-order chi connectivity index (χ0) is 15.1. The van der Waals surface area contributed by atoms with Gasteiger partial charge in [0.2, 0.25) is 11.8 Å². The number of amidine groups is 1. The van der Waals surface area contributed by atoms with Crippen molar-refractivity contribution in [3.8, 4) is 0 Å². The van der Waals surface area contributed by atoms with Crippen LogP contribution in [0, 0.1) is 0 Å². The fourth-order valence-corrected chi connectivity index (χ4v) is 2.00. The number of alkyl halides is 3. The zero-order valence-electron chi connectivity index (χ0n) is 10.3. The molecule has 0 spiro atoms. The SMILES string of the molecule is FC(F)(F)c1cccc(NC2=N[N+]3(Cl)C=CN=CC3=N2)c1. The van der Waals surface area contributed by atoms with Crippen LogP contribution in [0.15, 0.2) is 51.8 Å². The monoisotopic (exact) mass is 314 g/mol. The number of rotatable bonds is 1. The predicted molar refractivity (Wildman–Crippen MR) is 73.7 cm³/mol. The number of hydrogen-bond acceptors (Lipinski definition) is 4. The van der Waals surface area contributed by atoms with E-state index in [1.807, 2.05) is 0 Å². The van der Waals surface area contributed by atoms with Crippen molar-refractivity contribution in [2.24, 2.45) is 15.1 Å². The number of anilines is 1. The quantitative estimate of drug-likeness (QED) is 0.794. The Balaban J connectivity index is 1.86. The van der Waals surface area contributed by atoms with Crippen LogP contribution in [-0.2, 0) is 6.18 Å². The van der Waals surface area contributed by atoms with E-state index in [1.54, 1.807) is 0 Å². The summed E-state index contributed by atoms with van der Waals surface area (Å²) in [5, 5.41) is 6.78. The Morgan fingerprint density at radius 3 is 2.76 bits per heavy atom. The van der Waals surface area contributed by atoms with E-state index in [0.29, 0.717) is 5.84 Å². The van der Waals surface area contributed by atoms with Crippen molar-refractivity contribution in [3.05, 3.63) is 42.2 Å². The van der Waals surface area contributed by atoms with Gasteiger partial charge in [0.1, 0.15) is 6.21 Å². The van der Waals surface area contributed by atoms with E-state index in [0.717, 1.165) is 12.1 Å². The minimum absolute atomic E-state index is 0.109. The number of quaternary nitrogens is 1. The highest BCUT2D eigenvalue weighted by Crippen LogP contribution is 2.31. The summed E-state index contributed by atoms with van der Waals surface area (Å²) in [5.74, 6) is 0.464. The molecule has 2 aliphatic rings. The van der Waals surface area contributed by atoms with Gasteiger partial charge in [-0.1, -0.05) is 6.07 Å². The summed E-state index contributed by atoms with van der Waals surface area (Å²) in [6, 6.07) is 4.75. The standard InChI is InChI=1S/C12H8ClF3N5/c13-21-5-4-17-7-10(21)19-11(20-21)18-9-3-1-2-8(6-9)12(14,15)16/h1-7H,(H,18,20)/q+1. The molecule has 1 N–H and O–H groups in total. The van der Waals surface area contributed by atoms with Crippen LogP contribution in [0.4, 0.5) is 18.9 Å². The normalized spacial score (nSPS) is 23.6. The number of nitrogens with zero attached hydrogens (tertiary/aromatic N) is 4. The lowest BCUT2D eigenvalue weighted by molar-refractivity contribution is -0.659. The summed E-state index contributed by atoms with van der Waals surface area (Å²) in [7, 11) is 0. The Bertz CT molecular complexity index is 707. The van der Waals surface area contributed by atoms with Crippen LogP contribution in [0.25, 0.3) is 0 Å². The van der Waals surface area contributed by atoms with Gasteiger partial charge in [0.25, 0.3) is 11.8 Å². The second-order valence-electron chi connectivity index (χ2n) is 4.28. The second kappa shape index (κ2) is 4.68.